The molecule has 0 bridgehead atoms. The molecule has 1 saturated heterocycles. The monoisotopic (exact) mass is 240 g/mol. The Labute approximate surface area is 91.0 Å². The first-order chi connectivity index (χ1) is 6.35. The van der Waals surface area contributed by atoms with Crippen molar-refractivity contribution in [2.75, 3.05) is 27.2 Å². The van der Waals surface area contributed by atoms with Crippen molar-refractivity contribution < 1.29 is 8.42 Å². The van der Waals surface area contributed by atoms with Crippen molar-refractivity contribution in [1.82, 2.24) is 8.61 Å². The normalized spacial score (nSPS) is 30.9. The van der Waals surface area contributed by atoms with Crippen molar-refractivity contribution in [3.05, 3.63) is 0 Å². The summed E-state index contributed by atoms with van der Waals surface area (Å²) in [5.74, 6) is 0.394. The lowest BCUT2D eigenvalue weighted by Crippen LogP contribution is -2.48. The van der Waals surface area contributed by atoms with Gasteiger partial charge in [-0.25, -0.2) is 0 Å². The van der Waals surface area contributed by atoms with Crippen molar-refractivity contribution in [2.45, 2.75) is 18.7 Å². The minimum Gasteiger partial charge on any atom is -0.195 e. The predicted octanol–water partition coefficient (Wildman–Crippen LogP) is 0.742. The van der Waals surface area contributed by atoms with Crippen molar-refractivity contribution >= 4 is 21.8 Å². The molecule has 0 aromatic rings. The van der Waals surface area contributed by atoms with Crippen LogP contribution >= 0.6 is 11.6 Å². The van der Waals surface area contributed by atoms with Gasteiger partial charge in [0.05, 0.1) is 5.38 Å². The zero-order valence-corrected chi connectivity index (χ0v) is 10.3. The Bertz CT molecular complexity index is 292. The summed E-state index contributed by atoms with van der Waals surface area (Å²) in [6, 6.07) is 0. The van der Waals surface area contributed by atoms with Crippen molar-refractivity contribution in [3.63, 3.8) is 0 Å². The first-order valence-corrected chi connectivity index (χ1v) is 6.50. The molecular weight excluding hydrogens is 224 g/mol. The van der Waals surface area contributed by atoms with Gasteiger partial charge in [0.15, 0.2) is 0 Å². The first-order valence-electron chi connectivity index (χ1n) is 4.67. The summed E-state index contributed by atoms with van der Waals surface area (Å²) in [4.78, 5) is 0. The highest BCUT2D eigenvalue weighted by molar-refractivity contribution is 7.86. The van der Waals surface area contributed by atoms with E-state index >= 15 is 0 Å². The molecule has 2 unspecified atom stereocenters. The van der Waals surface area contributed by atoms with Crippen LogP contribution in [0.1, 0.15) is 13.3 Å². The standard InChI is InChI=1S/C8H17ClN2O2S/c1-7-4-5-11(6-8(7)9)14(12,13)10(2)3/h7-8H,4-6H2,1-3H3. The van der Waals surface area contributed by atoms with E-state index in [0.29, 0.717) is 19.0 Å². The highest BCUT2D eigenvalue weighted by Gasteiger charge is 2.32. The lowest BCUT2D eigenvalue weighted by atomic mass is 10.0. The summed E-state index contributed by atoms with van der Waals surface area (Å²) in [5, 5.41) is -0.0709. The predicted molar refractivity (Wildman–Crippen MR) is 57.6 cm³/mol. The number of piperidine rings is 1. The van der Waals surface area contributed by atoms with E-state index in [0.717, 1.165) is 6.42 Å². The Morgan fingerprint density at radius 1 is 1.43 bits per heavy atom. The molecule has 0 aromatic heterocycles. The lowest BCUT2D eigenvalue weighted by molar-refractivity contribution is 0.280. The fourth-order valence-electron chi connectivity index (χ4n) is 1.43. The summed E-state index contributed by atoms with van der Waals surface area (Å²) in [7, 11) is -0.197. The van der Waals surface area contributed by atoms with E-state index in [2.05, 4.69) is 6.92 Å². The van der Waals surface area contributed by atoms with Crippen molar-refractivity contribution in [1.29, 1.82) is 0 Å². The molecule has 0 amide bonds. The third-order valence-corrected chi connectivity index (χ3v) is 5.09. The molecule has 1 fully saturated rings. The van der Waals surface area contributed by atoms with Gasteiger partial charge in [-0.05, 0) is 12.3 Å². The summed E-state index contributed by atoms with van der Waals surface area (Å²) >= 11 is 6.05. The molecule has 0 aromatic carbocycles. The van der Waals surface area contributed by atoms with Crippen LogP contribution in [0.25, 0.3) is 0 Å². The van der Waals surface area contributed by atoms with E-state index in [1.807, 2.05) is 0 Å². The third kappa shape index (κ3) is 2.39. The van der Waals surface area contributed by atoms with Crippen LogP contribution < -0.4 is 0 Å². The van der Waals surface area contributed by atoms with Crippen LogP contribution in [0.5, 0.6) is 0 Å². The number of nitrogens with zero attached hydrogens (tertiary/aromatic N) is 2. The van der Waals surface area contributed by atoms with Crippen molar-refractivity contribution in [2.24, 2.45) is 5.92 Å². The van der Waals surface area contributed by atoms with Gasteiger partial charge in [-0.2, -0.15) is 17.0 Å². The molecule has 4 nitrogen and oxygen atoms in total. The van der Waals surface area contributed by atoms with Gasteiger partial charge in [0.2, 0.25) is 0 Å². The highest BCUT2D eigenvalue weighted by Crippen LogP contribution is 2.24. The second-order valence-corrected chi connectivity index (χ2v) is 6.63. The Kier molecular flexibility index (Phi) is 3.80. The average molecular weight is 241 g/mol. The molecule has 0 aliphatic carbocycles. The van der Waals surface area contributed by atoms with Gasteiger partial charge in [-0.3, -0.25) is 0 Å². The molecule has 84 valence electrons. The van der Waals surface area contributed by atoms with E-state index in [1.54, 1.807) is 0 Å². The number of rotatable bonds is 2. The zero-order chi connectivity index (χ0) is 10.9. The molecule has 1 rings (SSSR count). The maximum Gasteiger partial charge on any atom is 0.281 e. The molecule has 2 atom stereocenters. The Balaban J connectivity index is 2.73. The quantitative estimate of drug-likeness (QED) is 0.669. The number of hydrogen-bond donors (Lipinski definition) is 0. The minimum absolute atomic E-state index is 0.0709. The second kappa shape index (κ2) is 4.35. The summed E-state index contributed by atoms with van der Waals surface area (Å²) < 4.78 is 26.1. The third-order valence-electron chi connectivity index (χ3n) is 2.62. The molecule has 0 N–H and O–H groups in total. The summed E-state index contributed by atoms with van der Waals surface area (Å²) in [6.45, 7) is 3.05. The van der Waals surface area contributed by atoms with Gasteiger partial charge in [0, 0.05) is 27.2 Å². The Morgan fingerprint density at radius 3 is 2.43 bits per heavy atom. The average Bonchev–Trinajstić information content (AvgIpc) is 2.09. The smallest absolute Gasteiger partial charge is 0.195 e. The number of alkyl halides is 1. The minimum atomic E-state index is -3.27. The number of halogens is 1. The number of hydrogen-bond acceptors (Lipinski definition) is 2. The molecule has 0 spiro atoms. The van der Waals surface area contributed by atoms with Crippen LogP contribution in [-0.4, -0.2) is 49.6 Å². The zero-order valence-electron chi connectivity index (χ0n) is 8.77. The molecule has 0 radical (unpaired) electrons. The molecule has 1 aliphatic heterocycles. The van der Waals surface area contributed by atoms with Gasteiger partial charge in [-0.1, -0.05) is 6.92 Å². The summed E-state index contributed by atoms with van der Waals surface area (Å²) in [6.07, 6.45) is 0.835. The fourth-order valence-corrected chi connectivity index (χ4v) is 2.96. The van der Waals surface area contributed by atoms with Gasteiger partial charge < -0.3 is 0 Å². The van der Waals surface area contributed by atoms with E-state index in [9.17, 15) is 8.42 Å². The maximum absolute atomic E-state index is 11.7. The van der Waals surface area contributed by atoms with Gasteiger partial charge >= 0.3 is 0 Å². The largest absolute Gasteiger partial charge is 0.281 e. The van der Waals surface area contributed by atoms with E-state index in [-0.39, 0.29) is 5.38 Å². The van der Waals surface area contributed by atoms with Gasteiger partial charge in [-0.15, -0.1) is 11.6 Å². The van der Waals surface area contributed by atoms with Crippen LogP contribution in [0.2, 0.25) is 0 Å². The Hall–Kier alpha value is 0.160. The SMILES string of the molecule is CC1CCN(S(=O)(=O)N(C)C)CC1Cl. The second-order valence-electron chi connectivity index (χ2n) is 3.93. The lowest BCUT2D eigenvalue weighted by Gasteiger charge is -2.34. The summed E-state index contributed by atoms with van der Waals surface area (Å²) in [5.41, 5.74) is 0. The molecule has 14 heavy (non-hydrogen) atoms. The van der Waals surface area contributed by atoms with Crippen LogP contribution in [0, 0.1) is 5.92 Å². The molecule has 1 heterocycles. The van der Waals surface area contributed by atoms with Crippen molar-refractivity contribution in [3.8, 4) is 0 Å². The fraction of sp³-hybridized carbons (Fsp3) is 1.00. The van der Waals surface area contributed by atoms with Gasteiger partial charge in [0.1, 0.15) is 0 Å². The van der Waals surface area contributed by atoms with Crippen LogP contribution in [0.4, 0.5) is 0 Å². The van der Waals surface area contributed by atoms with Gasteiger partial charge in [0.25, 0.3) is 10.2 Å². The maximum atomic E-state index is 11.7. The molecular formula is C8H17ClN2O2S. The Morgan fingerprint density at radius 2 is 2.00 bits per heavy atom. The highest BCUT2D eigenvalue weighted by atomic mass is 35.5. The van der Waals surface area contributed by atoms with Crippen LogP contribution in [0.3, 0.4) is 0 Å². The van der Waals surface area contributed by atoms with Crippen LogP contribution in [0.15, 0.2) is 0 Å². The van der Waals surface area contributed by atoms with Crippen LogP contribution in [-0.2, 0) is 10.2 Å². The molecule has 0 saturated carbocycles. The molecule has 1 aliphatic rings. The van der Waals surface area contributed by atoms with E-state index in [4.69, 9.17) is 11.6 Å². The molecule has 6 heteroatoms. The first kappa shape index (κ1) is 12.2. The van der Waals surface area contributed by atoms with E-state index in [1.165, 1.54) is 22.7 Å². The topological polar surface area (TPSA) is 40.6 Å². The van der Waals surface area contributed by atoms with E-state index < -0.39 is 10.2 Å².